The number of carbonyl (C=O) groups excluding carboxylic acids is 1. The Morgan fingerprint density at radius 1 is 1.16 bits per heavy atom. The third-order valence-corrected chi connectivity index (χ3v) is 6.64. The number of nitrogens with one attached hydrogen (secondary N) is 1. The van der Waals surface area contributed by atoms with E-state index in [4.69, 9.17) is 14.6 Å². The highest BCUT2D eigenvalue weighted by molar-refractivity contribution is 5.89. The van der Waals surface area contributed by atoms with Crippen LogP contribution in [0.4, 0.5) is 25.4 Å². The van der Waals surface area contributed by atoms with Crippen LogP contribution in [0.5, 0.6) is 5.75 Å². The highest BCUT2D eigenvalue weighted by atomic mass is 19.1. The Kier molecular flexibility index (Phi) is 5.03. The van der Waals surface area contributed by atoms with Crippen LogP contribution in [0.1, 0.15) is 11.5 Å². The summed E-state index contributed by atoms with van der Waals surface area (Å²) >= 11 is 0. The minimum absolute atomic E-state index is 0.00569. The summed E-state index contributed by atoms with van der Waals surface area (Å²) in [5.74, 6) is 1.53. The second kappa shape index (κ2) is 7.89. The molecule has 32 heavy (non-hydrogen) atoms. The summed E-state index contributed by atoms with van der Waals surface area (Å²) in [5, 5.41) is 10.9. The first kappa shape index (κ1) is 20.4. The van der Waals surface area contributed by atoms with Crippen LogP contribution in [0.2, 0.25) is 0 Å². The van der Waals surface area contributed by atoms with Gasteiger partial charge in [-0.05, 0) is 59.7 Å². The van der Waals surface area contributed by atoms with Crippen LogP contribution in [0.25, 0.3) is 0 Å². The number of carboxylic acid groups (broad SMARTS) is 1. The normalized spacial score (nSPS) is 26.0. The van der Waals surface area contributed by atoms with Crippen LogP contribution >= 0.6 is 0 Å². The monoisotopic (exact) mass is 441 g/mol. The maximum absolute atomic E-state index is 15.0. The number of cyclic esters (lactones) is 1. The molecule has 2 amide bonds. The van der Waals surface area contributed by atoms with E-state index in [2.05, 4.69) is 10.2 Å². The molecular formula is C23H24FN3O5. The summed E-state index contributed by atoms with van der Waals surface area (Å²) in [6.45, 7) is 1.94. The third kappa shape index (κ3) is 3.68. The lowest BCUT2D eigenvalue weighted by molar-refractivity contribution is 0.136. The zero-order valence-electron chi connectivity index (χ0n) is 17.5. The fourth-order valence-electron chi connectivity index (χ4n) is 4.99. The zero-order valence-corrected chi connectivity index (χ0v) is 17.5. The number of fused-ring (bicyclic) bond motifs is 1. The summed E-state index contributed by atoms with van der Waals surface area (Å²) in [5.41, 5.74) is 2.25. The van der Waals surface area contributed by atoms with E-state index in [9.17, 15) is 14.0 Å². The number of piperidine rings is 1. The molecule has 0 spiro atoms. The average molecular weight is 441 g/mol. The highest BCUT2D eigenvalue weighted by Crippen LogP contribution is 2.59. The number of rotatable bonds is 6. The second-order valence-corrected chi connectivity index (χ2v) is 8.46. The molecule has 0 bridgehead atoms. The molecule has 1 saturated carbocycles. The van der Waals surface area contributed by atoms with Crippen LogP contribution in [-0.2, 0) is 4.74 Å². The van der Waals surface area contributed by atoms with Crippen LogP contribution in [-0.4, -0.2) is 56.7 Å². The van der Waals surface area contributed by atoms with E-state index in [1.165, 1.54) is 11.0 Å². The lowest BCUT2D eigenvalue weighted by atomic mass is 10.0. The summed E-state index contributed by atoms with van der Waals surface area (Å²) in [7, 11) is 1.64. The van der Waals surface area contributed by atoms with E-state index >= 15 is 0 Å². The van der Waals surface area contributed by atoms with E-state index in [1.807, 2.05) is 24.3 Å². The highest BCUT2D eigenvalue weighted by Gasteiger charge is 2.57. The largest absolute Gasteiger partial charge is 0.497 e. The van der Waals surface area contributed by atoms with Crippen LogP contribution in [0.15, 0.2) is 42.5 Å². The van der Waals surface area contributed by atoms with Crippen molar-refractivity contribution in [2.24, 2.45) is 11.8 Å². The van der Waals surface area contributed by atoms with Crippen molar-refractivity contribution in [3.63, 3.8) is 0 Å². The fraction of sp³-hybridized carbons (Fsp3) is 0.391. The minimum Gasteiger partial charge on any atom is -0.497 e. The molecule has 3 fully saturated rings. The number of anilines is 2. The van der Waals surface area contributed by atoms with Gasteiger partial charge in [0.15, 0.2) is 0 Å². The molecule has 0 aromatic heterocycles. The van der Waals surface area contributed by atoms with Crippen molar-refractivity contribution in [2.45, 2.75) is 12.0 Å². The molecule has 2 aliphatic heterocycles. The Hall–Kier alpha value is -3.49. The Labute approximate surface area is 184 Å². The van der Waals surface area contributed by atoms with Crippen molar-refractivity contribution in [2.75, 3.05) is 43.1 Å². The van der Waals surface area contributed by atoms with Crippen LogP contribution in [0, 0.1) is 17.7 Å². The van der Waals surface area contributed by atoms with Crippen molar-refractivity contribution in [1.29, 1.82) is 0 Å². The van der Waals surface area contributed by atoms with Gasteiger partial charge in [0, 0.05) is 18.8 Å². The smallest absolute Gasteiger partial charge is 0.414 e. The van der Waals surface area contributed by atoms with Gasteiger partial charge in [-0.25, -0.2) is 14.0 Å². The maximum atomic E-state index is 15.0. The van der Waals surface area contributed by atoms with E-state index < -0.39 is 18.3 Å². The van der Waals surface area contributed by atoms with Crippen LogP contribution < -0.4 is 19.9 Å². The van der Waals surface area contributed by atoms with Gasteiger partial charge >= 0.3 is 12.2 Å². The molecule has 5 rings (SSSR count). The number of carbonyl (C=O) groups is 2. The van der Waals surface area contributed by atoms with Gasteiger partial charge in [0.25, 0.3) is 0 Å². The number of ether oxygens (including phenoxy) is 2. The van der Waals surface area contributed by atoms with Gasteiger partial charge in [-0.1, -0.05) is 6.07 Å². The Bertz CT molecular complexity index is 1030. The standard InChI is InChI=1S/C23H24FN3O5/c1-31-15-5-2-13(3-6-15)26-11-18-19(12-26)21(18)17-7-4-14(8-20(17)24)27-10-16(32-23(27)30)9-25-22(28)29/h2-8,16,18-19,21,25H,9-12H2,1H3,(H,28,29)/t16-,18-,19+,21?/m0/s1. The summed E-state index contributed by atoms with van der Waals surface area (Å²) < 4.78 is 25.4. The number of hydrogen-bond donors (Lipinski definition) is 2. The maximum Gasteiger partial charge on any atom is 0.414 e. The Morgan fingerprint density at radius 2 is 1.84 bits per heavy atom. The summed E-state index contributed by atoms with van der Waals surface area (Å²) in [6.07, 6.45) is -2.39. The predicted molar refractivity (Wildman–Crippen MR) is 115 cm³/mol. The molecule has 2 heterocycles. The molecule has 0 radical (unpaired) electrons. The summed E-state index contributed by atoms with van der Waals surface area (Å²) in [6, 6.07) is 12.9. The Balaban J connectivity index is 1.22. The number of amides is 2. The van der Waals surface area contributed by atoms with Gasteiger partial charge < -0.3 is 24.8 Å². The van der Waals surface area contributed by atoms with E-state index in [0.29, 0.717) is 23.1 Å². The first-order valence-corrected chi connectivity index (χ1v) is 10.6. The quantitative estimate of drug-likeness (QED) is 0.715. The minimum atomic E-state index is -1.18. The fourth-order valence-corrected chi connectivity index (χ4v) is 4.99. The second-order valence-electron chi connectivity index (χ2n) is 8.46. The molecule has 4 atom stereocenters. The molecule has 3 aliphatic rings. The van der Waals surface area contributed by atoms with E-state index in [-0.39, 0.29) is 24.8 Å². The molecule has 1 aliphatic carbocycles. The lowest BCUT2D eigenvalue weighted by Gasteiger charge is -2.22. The van der Waals surface area contributed by atoms with Crippen molar-refractivity contribution in [3.05, 3.63) is 53.8 Å². The molecule has 2 aromatic carbocycles. The number of halogens is 1. The number of benzene rings is 2. The third-order valence-electron chi connectivity index (χ3n) is 6.64. The van der Waals surface area contributed by atoms with Crippen LogP contribution in [0.3, 0.4) is 0 Å². The first-order chi connectivity index (χ1) is 15.4. The van der Waals surface area contributed by atoms with Gasteiger partial charge in [0.2, 0.25) is 0 Å². The van der Waals surface area contributed by atoms with Gasteiger partial charge in [0.1, 0.15) is 17.7 Å². The molecule has 2 aromatic rings. The van der Waals surface area contributed by atoms with Gasteiger partial charge in [-0.3, -0.25) is 4.90 Å². The average Bonchev–Trinajstić information content (AvgIpc) is 3.10. The van der Waals surface area contributed by atoms with Gasteiger partial charge in [-0.15, -0.1) is 0 Å². The first-order valence-electron chi connectivity index (χ1n) is 10.6. The topological polar surface area (TPSA) is 91.3 Å². The molecule has 8 nitrogen and oxygen atoms in total. The molecule has 9 heteroatoms. The van der Waals surface area contributed by atoms with E-state index in [0.717, 1.165) is 24.5 Å². The molecule has 1 unspecified atom stereocenters. The molecule has 2 saturated heterocycles. The zero-order chi connectivity index (χ0) is 22.4. The molecule has 2 N–H and O–H groups in total. The van der Waals surface area contributed by atoms with Gasteiger partial charge in [-0.2, -0.15) is 0 Å². The van der Waals surface area contributed by atoms with Crippen molar-refractivity contribution in [3.8, 4) is 5.75 Å². The SMILES string of the molecule is COc1ccc(N2C[C@@H]3C(c4ccc(N5C[C@H](CNC(=O)O)OC5=O)cc4F)[C@@H]3C2)cc1. The van der Waals surface area contributed by atoms with E-state index in [1.54, 1.807) is 19.2 Å². The number of methoxy groups -OCH3 is 1. The van der Waals surface area contributed by atoms with Crippen molar-refractivity contribution in [1.82, 2.24) is 5.32 Å². The Morgan fingerprint density at radius 3 is 2.47 bits per heavy atom. The predicted octanol–water partition coefficient (Wildman–Crippen LogP) is 3.28. The molecular weight excluding hydrogens is 417 g/mol. The van der Waals surface area contributed by atoms with Gasteiger partial charge in [0.05, 0.1) is 25.9 Å². The number of hydrogen-bond acceptors (Lipinski definition) is 5. The number of nitrogens with zero attached hydrogens (tertiary/aromatic N) is 2. The van der Waals surface area contributed by atoms with Crippen molar-refractivity contribution < 1.29 is 28.6 Å². The lowest BCUT2D eigenvalue weighted by Crippen LogP contribution is -2.33. The summed E-state index contributed by atoms with van der Waals surface area (Å²) in [4.78, 5) is 26.4. The molecule has 168 valence electrons. The van der Waals surface area contributed by atoms with Crippen molar-refractivity contribution >= 4 is 23.6 Å².